The fraction of sp³-hybridized carbons (Fsp3) is 1.00. The Morgan fingerprint density at radius 3 is 1.94 bits per heavy atom. The Kier molecular flexibility index (Phi) is 3.87. The van der Waals surface area contributed by atoms with Crippen molar-refractivity contribution in [1.29, 1.82) is 0 Å². The van der Waals surface area contributed by atoms with Gasteiger partial charge in [0.15, 0.2) is 0 Å². The summed E-state index contributed by atoms with van der Waals surface area (Å²) in [7, 11) is 4.66. The van der Waals surface area contributed by atoms with E-state index in [1.807, 2.05) is 0 Å². The van der Waals surface area contributed by atoms with E-state index in [0.717, 1.165) is 5.92 Å². The molecular formula is C16H31N. The van der Waals surface area contributed by atoms with Crippen molar-refractivity contribution in [2.75, 3.05) is 14.1 Å². The van der Waals surface area contributed by atoms with Crippen molar-refractivity contribution in [1.82, 2.24) is 4.90 Å². The van der Waals surface area contributed by atoms with Gasteiger partial charge in [-0.3, -0.25) is 0 Å². The number of nitrogens with zero attached hydrogens (tertiary/aromatic N) is 1. The Hall–Kier alpha value is -0.0400. The Labute approximate surface area is 108 Å². The zero-order chi connectivity index (χ0) is 12.5. The summed E-state index contributed by atoms with van der Waals surface area (Å²) in [6, 6.07) is 0. The molecule has 0 amide bonds. The van der Waals surface area contributed by atoms with Crippen LogP contribution < -0.4 is 0 Å². The molecule has 1 unspecified atom stereocenters. The maximum atomic E-state index is 2.59. The predicted molar refractivity (Wildman–Crippen MR) is 75.2 cm³/mol. The lowest BCUT2D eigenvalue weighted by Gasteiger charge is -2.56. The van der Waals surface area contributed by atoms with Gasteiger partial charge in [-0.15, -0.1) is 0 Å². The molecule has 1 heteroatoms. The molecule has 2 rings (SSSR count). The third kappa shape index (κ3) is 2.41. The van der Waals surface area contributed by atoms with E-state index in [2.05, 4.69) is 32.8 Å². The number of rotatable bonds is 2. The van der Waals surface area contributed by atoms with Gasteiger partial charge in [0.05, 0.1) is 0 Å². The Bertz CT molecular complexity index is 248. The van der Waals surface area contributed by atoms with Gasteiger partial charge in [-0.1, -0.05) is 46.0 Å². The van der Waals surface area contributed by atoms with E-state index < -0.39 is 0 Å². The minimum absolute atomic E-state index is 0.516. The molecule has 0 radical (unpaired) electrons. The van der Waals surface area contributed by atoms with Gasteiger partial charge in [-0.25, -0.2) is 0 Å². The van der Waals surface area contributed by atoms with Crippen LogP contribution in [0.3, 0.4) is 0 Å². The van der Waals surface area contributed by atoms with Crippen LogP contribution >= 0.6 is 0 Å². The van der Waals surface area contributed by atoms with Crippen LogP contribution in [-0.2, 0) is 0 Å². The lowest BCUT2D eigenvalue weighted by Crippen LogP contribution is -2.56. The van der Waals surface area contributed by atoms with Crippen LogP contribution in [0.4, 0.5) is 0 Å². The zero-order valence-corrected chi connectivity index (χ0v) is 12.4. The second-order valence-corrected chi connectivity index (χ2v) is 7.35. The molecule has 0 heterocycles. The summed E-state index contributed by atoms with van der Waals surface area (Å²) < 4.78 is 0. The summed E-state index contributed by atoms with van der Waals surface area (Å²) in [6.45, 7) is 5.05. The maximum absolute atomic E-state index is 2.59. The summed E-state index contributed by atoms with van der Waals surface area (Å²) in [5.74, 6) is 0.916. The standard InChI is InChI=1S/C16H31N/c1-15(2)11-9-6-10-14(15)16(17(3)4)12-7-5-8-13-16/h14H,5-13H2,1-4H3. The average Bonchev–Trinajstić information content (AvgIpc) is 2.29. The SMILES string of the molecule is CN(C)C1(C2CCCCC2(C)C)CCCCC1. The fourth-order valence-electron chi connectivity index (χ4n) is 4.76. The lowest BCUT2D eigenvalue weighted by atomic mass is 9.57. The molecule has 0 aromatic rings. The molecule has 2 aliphatic carbocycles. The first kappa shape index (κ1) is 13.4. The number of hydrogen-bond donors (Lipinski definition) is 0. The van der Waals surface area contributed by atoms with Crippen LogP contribution in [0.25, 0.3) is 0 Å². The minimum atomic E-state index is 0.516. The predicted octanol–water partition coefficient (Wildman–Crippen LogP) is 4.47. The molecule has 100 valence electrons. The van der Waals surface area contributed by atoms with Gasteiger partial charge in [0.25, 0.3) is 0 Å². The molecule has 0 N–H and O–H groups in total. The van der Waals surface area contributed by atoms with Gasteiger partial charge in [0.2, 0.25) is 0 Å². The van der Waals surface area contributed by atoms with E-state index >= 15 is 0 Å². The molecule has 2 fully saturated rings. The quantitative estimate of drug-likeness (QED) is 0.685. The Morgan fingerprint density at radius 1 is 0.824 bits per heavy atom. The molecule has 2 aliphatic rings. The van der Waals surface area contributed by atoms with Crippen molar-refractivity contribution in [3.05, 3.63) is 0 Å². The Balaban J connectivity index is 2.25. The van der Waals surface area contributed by atoms with Crippen molar-refractivity contribution in [2.24, 2.45) is 11.3 Å². The Morgan fingerprint density at radius 2 is 1.41 bits per heavy atom. The van der Waals surface area contributed by atoms with Crippen molar-refractivity contribution >= 4 is 0 Å². The molecule has 2 saturated carbocycles. The van der Waals surface area contributed by atoms with E-state index in [1.165, 1.54) is 57.8 Å². The van der Waals surface area contributed by atoms with Crippen LogP contribution in [0.2, 0.25) is 0 Å². The van der Waals surface area contributed by atoms with Crippen molar-refractivity contribution < 1.29 is 0 Å². The molecule has 0 aromatic carbocycles. The van der Waals surface area contributed by atoms with Crippen LogP contribution in [0.1, 0.15) is 71.6 Å². The molecule has 17 heavy (non-hydrogen) atoms. The lowest BCUT2D eigenvalue weighted by molar-refractivity contribution is -0.0437. The first-order valence-corrected chi connectivity index (χ1v) is 7.66. The molecule has 0 spiro atoms. The van der Waals surface area contributed by atoms with Crippen LogP contribution in [0.5, 0.6) is 0 Å². The van der Waals surface area contributed by atoms with Crippen molar-refractivity contribution in [3.63, 3.8) is 0 Å². The second-order valence-electron chi connectivity index (χ2n) is 7.35. The highest BCUT2D eigenvalue weighted by Gasteiger charge is 2.48. The normalized spacial score (nSPS) is 32.6. The van der Waals surface area contributed by atoms with Gasteiger partial charge in [-0.05, 0) is 51.1 Å². The van der Waals surface area contributed by atoms with Gasteiger partial charge < -0.3 is 4.90 Å². The third-order valence-electron chi connectivity index (χ3n) is 5.77. The van der Waals surface area contributed by atoms with E-state index in [0.29, 0.717) is 11.0 Å². The highest BCUT2D eigenvalue weighted by Crippen LogP contribution is 2.52. The summed E-state index contributed by atoms with van der Waals surface area (Å²) >= 11 is 0. The smallest absolute Gasteiger partial charge is 0.0236 e. The monoisotopic (exact) mass is 237 g/mol. The largest absolute Gasteiger partial charge is 0.303 e. The number of hydrogen-bond acceptors (Lipinski definition) is 1. The second kappa shape index (κ2) is 4.91. The summed E-state index contributed by atoms with van der Waals surface area (Å²) in [5.41, 5.74) is 1.07. The molecule has 0 aromatic heterocycles. The zero-order valence-electron chi connectivity index (χ0n) is 12.4. The first-order valence-electron chi connectivity index (χ1n) is 7.66. The van der Waals surface area contributed by atoms with E-state index in [1.54, 1.807) is 0 Å². The molecule has 1 nitrogen and oxygen atoms in total. The molecule has 1 atom stereocenters. The first-order chi connectivity index (χ1) is 7.99. The van der Waals surface area contributed by atoms with Crippen molar-refractivity contribution in [3.8, 4) is 0 Å². The molecular weight excluding hydrogens is 206 g/mol. The average molecular weight is 237 g/mol. The van der Waals surface area contributed by atoms with Crippen molar-refractivity contribution in [2.45, 2.75) is 77.2 Å². The molecule has 0 aliphatic heterocycles. The minimum Gasteiger partial charge on any atom is -0.303 e. The van der Waals surface area contributed by atoms with Gasteiger partial charge in [0, 0.05) is 5.54 Å². The molecule has 0 saturated heterocycles. The molecule has 0 bridgehead atoms. The van der Waals surface area contributed by atoms with E-state index in [9.17, 15) is 0 Å². The topological polar surface area (TPSA) is 3.24 Å². The van der Waals surface area contributed by atoms with Crippen LogP contribution in [0, 0.1) is 11.3 Å². The van der Waals surface area contributed by atoms with Gasteiger partial charge in [0.1, 0.15) is 0 Å². The van der Waals surface area contributed by atoms with Gasteiger partial charge >= 0.3 is 0 Å². The maximum Gasteiger partial charge on any atom is 0.0236 e. The van der Waals surface area contributed by atoms with Gasteiger partial charge in [-0.2, -0.15) is 0 Å². The summed E-state index contributed by atoms with van der Waals surface area (Å²) in [5, 5.41) is 0. The fourth-order valence-corrected chi connectivity index (χ4v) is 4.76. The summed E-state index contributed by atoms with van der Waals surface area (Å²) in [4.78, 5) is 2.59. The summed E-state index contributed by atoms with van der Waals surface area (Å²) in [6.07, 6.45) is 13.1. The highest BCUT2D eigenvalue weighted by atomic mass is 15.2. The highest BCUT2D eigenvalue weighted by molar-refractivity contribution is 5.02. The van der Waals surface area contributed by atoms with E-state index in [-0.39, 0.29) is 0 Å². The van der Waals surface area contributed by atoms with Crippen LogP contribution in [0.15, 0.2) is 0 Å². The van der Waals surface area contributed by atoms with E-state index in [4.69, 9.17) is 0 Å². The van der Waals surface area contributed by atoms with Crippen LogP contribution in [-0.4, -0.2) is 24.5 Å². The third-order valence-corrected chi connectivity index (χ3v) is 5.77.